The Morgan fingerprint density at radius 3 is 2.30 bits per heavy atom. The summed E-state index contributed by atoms with van der Waals surface area (Å²) >= 11 is 0. The lowest BCUT2D eigenvalue weighted by molar-refractivity contribution is -0.118. The molecule has 0 aromatic heterocycles. The second kappa shape index (κ2) is 9.11. The van der Waals surface area contributed by atoms with Gasteiger partial charge in [-0.1, -0.05) is 55.5 Å². The highest BCUT2D eigenvalue weighted by atomic mass is 16.3. The van der Waals surface area contributed by atoms with Gasteiger partial charge in [0.1, 0.15) is 0 Å². The minimum atomic E-state index is -0.602. The van der Waals surface area contributed by atoms with Crippen molar-refractivity contribution in [2.75, 3.05) is 5.32 Å². The first-order valence-corrected chi connectivity index (χ1v) is 8.22. The van der Waals surface area contributed by atoms with Crippen LogP contribution in [0.2, 0.25) is 0 Å². The summed E-state index contributed by atoms with van der Waals surface area (Å²) in [7, 11) is 0. The minimum absolute atomic E-state index is 0.111. The van der Waals surface area contributed by atoms with E-state index in [0.29, 0.717) is 0 Å². The molecular weight excluding hydrogens is 286 g/mol. The van der Waals surface area contributed by atoms with E-state index in [4.69, 9.17) is 0 Å². The molecule has 0 saturated heterocycles. The third-order valence-electron chi connectivity index (χ3n) is 4.08. The molecule has 2 atom stereocenters. The van der Waals surface area contributed by atoms with E-state index >= 15 is 0 Å². The Labute approximate surface area is 138 Å². The maximum atomic E-state index is 12.0. The molecule has 0 saturated carbocycles. The van der Waals surface area contributed by atoms with Gasteiger partial charge in [0.25, 0.3) is 0 Å². The average molecular weight is 311 g/mol. The summed E-state index contributed by atoms with van der Waals surface area (Å²) in [4.78, 5) is 12.0. The Kier molecular flexibility index (Phi) is 6.82. The summed E-state index contributed by atoms with van der Waals surface area (Å²) in [5, 5.41) is 13.0. The highest BCUT2D eigenvalue weighted by Crippen LogP contribution is 2.17. The van der Waals surface area contributed by atoms with Crippen molar-refractivity contribution in [2.24, 2.45) is 5.92 Å². The van der Waals surface area contributed by atoms with Crippen molar-refractivity contribution in [3.05, 3.63) is 66.2 Å². The van der Waals surface area contributed by atoms with Crippen molar-refractivity contribution in [1.29, 1.82) is 0 Å². The molecule has 0 aliphatic heterocycles. The number of para-hydroxylation sites is 1. The standard InChI is InChI=1S/C20H25NO2/c1-16(9-8-12-17-10-4-2-5-11-17)19(22)15-20(23)21-18-13-6-3-7-14-18/h2-7,10-11,13-14,16,19,22H,8-9,12,15H2,1H3,(H,21,23)/t16-,19-/m1/s1. The van der Waals surface area contributed by atoms with Gasteiger partial charge in [-0.3, -0.25) is 4.79 Å². The predicted molar refractivity (Wildman–Crippen MR) is 94.2 cm³/mol. The maximum Gasteiger partial charge on any atom is 0.226 e. The number of hydrogen-bond donors (Lipinski definition) is 2. The summed E-state index contributed by atoms with van der Waals surface area (Å²) in [5.41, 5.74) is 2.08. The number of aliphatic hydroxyl groups is 1. The molecule has 2 rings (SSSR count). The van der Waals surface area contributed by atoms with E-state index in [-0.39, 0.29) is 18.2 Å². The molecule has 0 aliphatic carbocycles. The summed E-state index contributed by atoms with van der Waals surface area (Å²) in [6, 6.07) is 19.7. The second-order valence-electron chi connectivity index (χ2n) is 6.04. The minimum Gasteiger partial charge on any atom is -0.392 e. The Morgan fingerprint density at radius 1 is 1.04 bits per heavy atom. The van der Waals surface area contributed by atoms with E-state index in [0.717, 1.165) is 24.9 Å². The zero-order valence-corrected chi connectivity index (χ0v) is 13.6. The van der Waals surface area contributed by atoms with Gasteiger partial charge in [0.15, 0.2) is 0 Å². The number of carbonyl (C=O) groups excluding carboxylic acids is 1. The van der Waals surface area contributed by atoms with E-state index in [2.05, 4.69) is 17.4 Å². The molecule has 2 aromatic rings. The van der Waals surface area contributed by atoms with E-state index in [1.807, 2.05) is 55.5 Å². The summed E-state index contributed by atoms with van der Waals surface area (Å²) < 4.78 is 0. The van der Waals surface area contributed by atoms with Gasteiger partial charge in [0.05, 0.1) is 12.5 Å². The van der Waals surface area contributed by atoms with E-state index in [1.165, 1.54) is 5.56 Å². The summed E-state index contributed by atoms with van der Waals surface area (Å²) in [5.74, 6) is -0.0288. The Morgan fingerprint density at radius 2 is 1.65 bits per heavy atom. The molecule has 0 heterocycles. The van der Waals surface area contributed by atoms with Crippen molar-refractivity contribution < 1.29 is 9.90 Å². The van der Waals surface area contributed by atoms with Crippen molar-refractivity contribution in [3.8, 4) is 0 Å². The number of aryl methyl sites for hydroxylation is 1. The number of amides is 1. The molecule has 3 heteroatoms. The molecule has 0 fully saturated rings. The summed E-state index contributed by atoms with van der Waals surface area (Å²) in [6.45, 7) is 2.01. The van der Waals surface area contributed by atoms with Crippen molar-refractivity contribution >= 4 is 11.6 Å². The predicted octanol–water partition coefficient (Wildman–Crippen LogP) is 4.04. The molecular formula is C20H25NO2. The van der Waals surface area contributed by atoms with Crippen LogP contribution in [0.15, 0.2) is 60.7 Å². The van der Waals surface area contributed by atoms with Crippen molar-refractivity contribution in [2.45, 2.75) is 38.7 Å². The normalized spacial score (nSPS) is 13.3. The zero-order valence-electron chi connectivity index (χ0n) is 13.6. The van der Waals surface area contributed by atoms with Crippen LogP contribution in [0.4, 0.5) is 5.69 Å². The first-order chi connectivity index (χ1) is 11.1. The molecule has 0 aliphatic rings. The van der Waals surface area contributed by atoms with Crippen LogP contribution >= 0.6 is 0 Å². The van der Waals surface area contributed by atoms with Crippen molar-refractivity contribution in [1.82, 2.24) is 0 Å². The van der Waals surface area contributed by atoms with Crippen LogP contribution in [0.1, 0.15) is 31.7 Å². The first-order valence-electron chi connectivity index (χ1n) is 8.22. The fraction of sp³-hybridized carbons (Fsp3) is 0.350. The Hall–Kier alpha value is -2.13. The summed E-state index contributed by atoms with van der Waals surface area (Å²) in [6.07, 6.45) is 2.47. The van der Waals surface area contributed by atoms with Gasteiger partial charge in [-0.2, -0.15) is 0 Å². The molecule has 0 radical (unpaired) electrons. The monoisotopic (exact) mass is 311 g/mol. The first kappa shape index (κ1) is 17.2. The number of carbonyl (C=O) groups is 1. The molecule has 2 N–H and O–H groups in total. The zero-order chi connectivity index (χ0) is 16.5. The third-order valence-corrected chi connectivity index (χ3v) is 4.08. The number of rotatable bonds is 8. The number of anilines is 1. The van der Waals surface area contributed by atoms with Crippen LogP contribution in [0.3, 0.4) is 0 Å². The topological polar surface area (TPSA) is 49.3 Å². The molecule has 0 unspecified atom stereocenters. The lowest BCUT2D eigenvalue weighted by Crippen LogP contribution is -2.25. The van der Waals surface area contributed by atoms with Crippen LogP contribution in [0.5, 0.6) is 0 Å². The molecule has 122 valence electrons. The lowest BCUT2D eigenvalue weighted by Gasteiger charge is -2.18. The van der Waals surface area contributed by atoms with Gasteiger partial charge >= 0.3 is 0 Å². The molecule has 3 nitrogen and oxygen atoms in total. The maximum absolute atomic E-state index is 12.0. The van der Waals surface area contributed by atoms with Gasteiger partial charge in [0.2, 0.25) is 5.91 Å². The molecule has 1 amide bonds. The van der Waals surface area contributed by atoms with E-state index in [1.54, 1.807) is 0 Å². The third kappa shape index (κ3) is 6.25. The number of aliphatic hydroxyl groups excluding tert-OH is 1. The van der Waals surface area contributed by atoms with Crippen LogP contribution < -0.4 is 5.32 Å². The molecule has 2 aromatic carbocycles. The molecule has 0 spiro atoms. The van der Waals surface area contributed by atoms with E-state index in [9.17, 15) is 9.90 Å². The van der Waals surface area contributed by atoms with E-state index < -0.39 is 6.10 Å². The highest BCUT2D eigenvalue weighted by molar-refractivity contribution is 5.90. The quantitative estimate of drug-likeness (QED) is 0.773. The molecule has 0 bridgehead atoms. The largest absolute Gasteiger partial charge is 0.392 e. The van der Waals surface area contributed by atoms with Crippen molar-refractivity contribution in [3.63, 3.8) is 0 Å². The van der Waals surface area contributed by atoms with Gasteiger partial charge in [-0.15, -0.1) is 0 Å². The Bertz CT molecular complexity index is 583. The highest BCUT2D eigenvalue weighted by Gasteiger charge is 2.17. The SMILES string of the molecule is C[C@H](CCCc1ccccc1)[C@H](O)CC(=O)Nc1ccccc1. The fourth-order valence-electron chi connectivity index (χ4n) is 2.59. The van der Waals surface area contributed by atoms with Crippen LogP contribution in [0, 0.1) is 5.92 Å². The number of nitrogens with one attached hydrogen (secondary N) is 1. The average Bonchev–Trinajstić information content (AvgIpc) is 2.56. The van der Waals surface area contributed by atoms with Gasteiger partial charge in [-0.05, 0) is 42.9 Å². The molecule has 23 heavy (non-hydrogen) atoms. The van der Waals surface area contributed by atoms with Gasteiger partial charge in [-0.25, -0.2) is 0 Å². The van der Waals surface area contributed by atoms with Crippen LogP contribution in [0.25, 0.3) is 0 Å². The number of hydrogen-bond acceptors (Lipinski definition) is 2. The fourth-order valence-corrected chi connectivity index (χ4v) is 2.59. The Balaban J connectivity index is 1.69. The smallest absolute Gasteiger partial charge is 0.226 e. The lowest BCUT2D eigenvalue weighted by atomic mass is 9.94. The van der Waals surface area contributed by atoms with Crippen LogP contribution in [-0.2, 0) is 11.2 Å². The van der Waals surface area contributed by atoms with Gasteiger partial charge < -0.3 is 10.4 Å². The number of benzene rings is 2. The van der Waals surface area contributed by atoms with Crippen LogP contribution in [-0.4, -0.2) is 17.1 Å². The second-order valence-corrected chi connectivity index (χ2v) is 6.04. The van der Waals surface area contributed by atoms with Gasteiger partial charge in [0, 0.05) is 5.69 Å².